The molecule has 1 fully saturated rings. The van der Waals surface area contributed by atoms with Crippen LogP contribution < -0.4 is 10.6 Å². The Kier molecular flexibility index (Phi) is 6.36. The third kappa shape index (κ3) is 5.40. The summed E-state index contributed by atoms with van der Waals surface area (Å²) >= 11 is 5.97. The van der Waals surface area contributed by atoms with Crippen LogP contribution in [0.5, 0.6) is 0 Å². The summed E-state index contributed by atoms with van der Waals surface area (Å²) < 4.78 is 28.4. The van der Waals surface area contributed by atoms with Gasteiger partial charge in [-0.2, -0.15) is 4.98 Å². The van der Waals surface area contributed by atoms with Gasteiger partial charge in [0.25, 0.3) is 5.91 Å². The number of hydrogen-bond acceptors (Lipinski definition) is 5. The summed E-state index contributed by atoms with van der Waals surface area (Å²) in [4.78, 5) is 25.5. The Hall–Kier alpha value is -3.07. The van der Waals surface area contributed by atoms with Crippen LogP contribution in [0.15, 0.2) is 43.0 Å². The molecule has 32 heavy (non-hydrogen) atoms. The molecule has 4 rings (SSSR count). The van der Waals surface area contributed by atoms with E-state index in [1.54, 1.807) is 29.1 Å². The molecule has 168 valence electrons. The second-order valence-corrected chi connectivity index (χ2v) is 8.39. The number of alkyl halides is 2. The van der Waals surface area contributed by atoms with E-state index in [0.717, 1.165) is 11.1 Å². The zero-order chi connectivity index (χ0) is 22.7. The molecule has 3 aromatic rings. The van der Waals surface area contributed by atoms with Crippen molar-refractivity contribution in [3.63, 3.8) is 0 Å². The Labute approximate surface area is 189 Å². The molecule has 7 nitrogen and oxygen atoms in total. The highest BCUT2D eigenvalue weighted by molar-refractivity contribution is 6.30. The molecule has 0 bridgehead atoms. The lowest BCUT2D eigenvalue weighted by molar-refractivity contribution is -0.0361. The van der Waals surface area contributed by atoms with Crippen LogP contribution >= 0.6 is 11.6 Å². The summed E-state index contributed by atoms with van der Waals surface area (Å²) in [7, 11) is 0. The zero-order valence-electron chi connectivity index (χ0n) is 17.5. The number of aromatic nitrogens is 4. The number of rotatable bonds is 6. The quantitative estimate of drug-likeness (QED) is 0.564. The monoisotopic (exact) mass is 460 g/mol. The summed E-state index contributed by atoms with van der Waals surface area (Å²) in [6.07, 6.45) is 5.20. The largest absolute Gasteiger partial charge is 0.351 e. The maximum atomic E-state index is 13.4. The zero-order valence-corrected chi connectivity index (χ0v) is 18.2. The van der Waals surface area contributed by atoms with Crippen LogP contribution in [0.2, 0.25) is 5.02 Å². The molecule has 1 saturated carbocycles. The van der Waals surface area contributed by atoms with E-state index in [1.165, 1.54) is 6.33 Å². The van der Waals surface area contributed by atoms with Gasteiger partial charge in [0.1, 0.15) is 17.8 Å². The number of amides is 1. The standard InChI is InChI=1S/C22H23ClF2N6O/c1-14-10-27-21(29-17-5-7-22(24,25)8-6-17)30-19(14)31-12-18(28-13-31)20(32)26-11-15-3-2-4-16(23)9-15/h2-4,9-10,12-13,17H,5-8,11H2,1H3,(H,26,32)(H,27,29,30). The lowest BCUT2D eigenvalue weighted by atomic mass is 9.92. The fraction of sp³-hybridized carbons (Fsp3) is 0.364. The van der Waals surface area contributed by atoms with Crippen molar-refractivity contribution in [3.8, 4) is 5.82 Å². The van der Waals surface area contributed by atoms with Gasteiger partial charge in [0, 0.05) is 48.4 Å². The second-order valence-electron chi connectivity index (χ2n) is 7.95. The number of halogens is 3. The van der Waals surface area contributed by atoms with E-state index in [2.05, 4.69) is 25.6 Å². The van der Waals surface area contributed by atoms with Crippen molar-refractivity contribution in [1.29, 1.82) is 0 Å². The molecule has 0 spiro atoms. The first-order chi connectivity index (χ1) is 15.3. The molecule has 1 aliphatic rings. The summed E-state index contributed by atoms with van der Waals surface area (Å²) in [6, 6.07) is 7.15. The normalized spacial score (nSPS) is 16.0. The maximum absolute atomic E-state index is 13.4. The van der Waals surface area contributed by atoms with Crippen LogP contribution in [0.1, 0.15) is 47.3 Å². The smallest absolute Gasteiger partial charge is 0.271 e. The average Bonchev–Trinajstić information content (AvgIpc) is 3.25. The van der Waals surface area contributed by atoms with Gasteiger partial charge in [-0.3, -0.25) is 9.36 Å². The van der Waals surface area contributed by atoms with Crippen molar-refractivity contribution >= 4 is 23.5 Å². The molecular weight excluding hydrogens is 438 g/mol. The van der Waals surface area contributed by atoms with Crippen LogP contribution in [0.25, 0.3) is 5.82 Å². The van der Waals surface area contributed by atoms with Gasteiger partial charge in [-0.25, -0.2) is 18.7 Å². The number of benzene rings is 1. The Balaban J connectivity index is 1.42. The molecule has 2 aromatic heterocycles. The van der Waals surface area contributed by atoms with Crippen molar-refractivity contribution in [3.05, 3.63) is 64.8 Å². The van der Waals surface area contributed by atoms with Gasteiger partial charge in [0.15, 0.2) is 0 Å². The number of hydrogen-bond donors (Lipinski definition) is 2. The van der Waals surface area contributed by atoms with Crippen LogP contribution in [-0.4, -0.2) is 37.4 Å². The third-order valence-corrected chi connectivity index (χ3v) is 5.63. The summed E-state index contributed by atoms with van der Waals surface area (Å²) in [5, 5.41) is 6.57. The van der Waals surface area contributed by atoms with Gasteiger partial charge in [-0.05, 0) is 37.5 Å². The minimum atomic E-state index is -2.59. The number of nitrogens with zero attached hydrogens (tertiary/aromatic N) is 4. The first kappa shape index (κ1) is 22.1. The Bertz CT molecular complexity index is 1110. The van der Waals surface area contributed by atoms with Gasteiger partial charge in [0.2, 0.25) is 11.9 Å². The van der Waals surface area contributed by atoms with Gasteiger partial charge in [-0.1, -0.05) is 23.7 Å². The maximum Gasteiger partial charge on any atom is 0.271 e. The molecule has 1 aliphatic carbocycles. The minimum absolute atomic E-state index is 0.0965. The Morgan fingerprint density at radius 1 is 1.28 bits per heavy atom. The van der Waals surface area contributed by atoms with Crippen LogP contribution in [0.3, 0.4) is 0 Å². The molecule has 0 atom stereocenters. The van der Waals surface area contributed by atoms with Crippen LogP contribution in [-0.2, 0) is 6.54 Å². The summed E-state index contributed by atoms with van der Waals surface area (Å²) in [5.74, 6) is -1.98. The lowest BCUT2D eigenvalue weighted by Gasteiger charge is -2.28. The molecule has 0 unspecified atom stereocenters. The third-order valence-electron chi connectivity index (χ3n) is 5.40. The van der Waals surface area contributed by atoms with Crippen molar-refractivity contribution in [1.82, 2.24) is 24.8 Å². The molecule has 0 radical (unpaired) electrons. The van der Waals surface area contributed by atoms with Crippen molar-refractivity contribution in [2.45, 2.75) is 51.1 Å². The van der Waals surface area contributed by atoms with E-state index in [-0.39, 0.29) is 30.5 Å². The molecule has 0 aliphatic heterocycles. The number of aryl methyl sites for hydroxylation is 1. The molecule has 10 heteroatoms. The van der Waals surface area contributed by atoms with E-state index in [9.17, 15) is 13.6 Å². The highest BCUT2D eigenvalue weighted by Crippen LogP contribution is 2.34. The molecule has 1 aromatic carbocycles. The van der Waals surface area contributed by atoms with Gasteiger partial charge >= 0.3 is 0 Å². The van der Waals surface area contributed by atoms with Gasteiger partial charge in [-0.15, -0.1) is 0 Å². The number of imidazole rings is 1. The predicted octanol–water partition coefficient (Wildman–Crippen LogP) is 4.54. The van der Waals surface area contributed by atoms with E-state index >= 15 is 0 Å². The van der Waals surface area contributed by atoms with Gasteiger partial charge in [0.05, 0.1) is 0 Å². The number of carbonyl (C=O) groups is 1. The van der Waals surface area contributed by atoms with Crippen molar-refractivity contribution < 1.29 is 13.6 Å². The lowest BCUT2D eigenvalue weighted by Crippen LogP contribution is -2.32. The summed E-state index contributed by atoms with van der Waals surface area (Å²) in [6.45, 7) is 2.17. The number of anilines is 1. The summed E-state index contributed by atoms with van der Waals surface area (Å²) in [5.41, 5.74) is 1.91. The number of nitrogens with one attached hydrogen (secondary N) is 2. The highest BCUT2D eigenvalue weighted by atomic mass is 35.5. The van der Waals surface area contributed by atoms with Crippen molar-refractivity contribution in [2.75, 3.05) is 5.32 Å². The molecule has 2 N–H and O–H groups in total. The van der Waals surface area contributed by atoms with E-state index in [1.807, 2.05) is 19.1 Å². The first-order valence-corrected chi connectivity index (χ1v) is 10.7. The van der Waals surface area contributed by atoms with E-state index in [0.29, 0.717) is 36.2 Å². The van der Waals surface area contributed by atoms with Crippen LogP contribution in [0, 0.1) is 6.92 Å². The fourth-order valence-electron chi connectivity index (χ4n) is 3.61. The molecule has 2 heterocycles. The Morgan fingerprint density at radius 3 is 2.81 bits per heavy atom. The topological polar surface area (TPSA) is 84.7 Å². The number of carbonyl (C=O) groups excluding carboxylic acids is 1. The highest BCUT2D eigenvalue weighted by Gasteiger charge is 2.35. The molecule has 0 saturated heterocycles. The van der Waals surface area contributed by atoms with Crippen LogP contribution in [0.4, 0.5) is 14.7 Å². The van der Waals surface area contributed by atoms with Gasteiger partial charge < -0.3 is 10.6 Å². The molecule has 1 amide bonds. The SMILES string of the molecule is Cc1cnc(NC2CCC(F)(F)CC2)nc1-n1cnc(C(=O)NCc2cccc(Cl)c2)c1. The fourth-order valence-corrected chi connectivity index (χ4v) is 3.82. The van der Waals surface area contributed by atoms with E-state index < -0.39 is 5.92 Å². The Morgan fingerprint density at radius 2 is 2.06 bits per heavy atom. The van der Waals surface area contributed by atoms with Crippen molar-refractivity contribution in [2.24, 2.45) is 0 Å². The second kappa shape index (κ2) is 9.20. The van der Waals surface area contributed by atoms with E-state index in [4.69, 9.17) is 11.6 Å². The first-order valence-electron chi connectivity index (χ1n) is 10.3. The molecular formula is C22H23ClF2N6O. The average molecular weight is 461 g/mol. The predicted molar refractivity (Wildman–Crippen MR) is 117 cm³/mol. The minimum Gasteiger partial charge on any atom is -0.351 e.